The first-order valence-corrected chi connectivity index (χ1v) is 7.42. The fourth-order valence-electron chi connectivity index (χ4n) is 2.62. The number of carbonyl (C=O) groups excluding carboxylic acids is 2. The van der Waals surface area contributed by atoms with E-state index in [-0.39, 0.29) is 31.0 Å². The van der Waals surface area contributed by atoms with E-state index in [0.717, 1.165) is 25.7 Å². The number of rotatable bonds is 5. The highest BCUT2D eigenvalue weighted by Gasteiger charge is 2.21. The summed E-state index contributed by atoms with van der Waals surface area (Å²) < 4.78 is 0. The summed E-state index contributed by atoms with van der Waals surface area (Å²) in [6.07, 6.45) is 3.67. The largest absolute Gasteiger partial charge is 0.396 e. The van der Waals surface area contributed by atoms with Crippen LogP contribution in [0.25, 0.3) is 0 Å². The fourth-order valence-corrected chi connectivity index (χ4v) is 2.62. The molecule has 1 fully saturated rings. The Bertz CT molecular complexity index is 468. The molecule has 3 N–H and O–H groups in total. The molecule has 1 aliphatic rings. The monoisotopic (exact) mass is 290 g/mol. The highest BCUT2D eigenvalue weighted by atomic mass is 16.3. The summed E-state index contributed by atoms with van der Waals surface area (Å²) >= 11 is 0. The first-order chi connectivity index (χ1) is 10.2. The van der Waals surface area contributed by atoms with Crippen LogP contribution in [0.2, 0.25) is 0 Å². The summed E-state index contributed by atoms with van der Waals surface area (Å²) in [6.45, 7) is 0.224. The maximum atomic E-state index is 11.8. The van der Waals surface area contributed by atoms with Crippen LogP contribution < -0.4 is 10.6 Å². The summed E-state index contributed by atoms with van der Waals surface area (Å²) in [7, 11) is 0. The number of aliphatic hydroxyl groups excluding tert-OH is 1. The molecule has 0 radical (unpaired) electrons. The second kappa shape index (κ2) is 7.78. The van der Waals surface area contributed by atoms with Crippen LogP contribution in [0.3, 0.4) is 0 Å². The number of hydrogen-bond acceptors (Lipinski definition) is 3. The first-order valence-electron chi connectivity index (χ1n) is 7.42. The standard InChI is InChI=1S/C16H22N2O3/c19-11-12-6-8-14(9-7-12)18-15(20)10-17-16(21)13-4-2-1-3-5-13/h1-5,12,14,19H,6-11H2,(H,17,21)(H,18,20). The average molecular weight is 290 g/mol. The molecular formula is C16H22N2O3. The Hall–Kier alpha value is -1.88. The van der Waals surface area contributed by atoms with Crippen LogP contribution in [-0.2, 0) is 4.79 Å². The topological polar surface area (TPSA) is 78.4 Å². The molecular weight excluding hydrogens is 268 g/mol. The summed E-state index contributed by atoms with van der Waals surface area (Å²) in [4.78, 5) is 23.6. The van der Waals surface area contributed by atoms with Crippen molar-refractivity contribution < 1.29 is 14.7 Å². The van der Waals surface area contributed by atoms with Crippen LogP contribution in [0.5, 0.6) is 0 Å². The van der Waals surface area contributed by atoms with E-state index in [1.807, 2.05) is 6.07 Å². The third kappa shape index (κ3) is 4.86. The van der Waals surface area contributed by atoms with Gasteiger partial charge in [0.1, 0.15) is 0 Å². The van der Waals surface area contributed by atoms with E-state index in [4.69, 9.17) is 5.11 Å². The molecule has 0 spiro atoms. The minimum Gasteiger partial charge on any atom is -0.396 e. The molecule has 5 heteroatoms. The van der Waals surface area contributed by atoms with Crippen molar-refractivity contribution in [2.75, 3.05) is 13.2 Å². The number of nitrogens with one attached hydrogen (secondary N) is 2. The molecule has 2 rings (SSSR count). The lowest BCUT2D eigenvalue weighted by Crippen LogP contribution is -2.43. The van der Waals surface area contributed by atoms with Crippen molar-refractivity contribution in [3.05, 3.63) is 35.9 Å². The van der Waals surface area contributed by atoms with Crippen LogP contribution in [0.4, 0.5) is 0 Å². The van der Waals surface area contributed by atoms with E-state index in [2.05, 4.69) is 10.6 Å². The molecule has 1 aromatic rings. The van der Waals surface area contributed by atoms with Crippen LogP contribution in [0.1, 0.15) is 36.0 Å². The first kappa shape index (κ1) is 15.5. The van der Waals surface area contributed by atoms with E-state index in [9.17, 15) is 9.59 Å². The zero-order chi connectivity index (χ0) is 15.1. The summed E-state index contributed by atoms with van der Waals surface area (Å²) in [6, 6.07) is 9.00. The second-order valence-electron chi connectivity index (χ2n) is 5.52. The predicted octanol–water partition coefficient (Wildman–Crippen LogP) is 1.08. The van der Waals surface area contributed by atoms with Crippen LogP contribution in [0, 0.1) is 5.92 Å². The Balaban J connectivity index is 1.69. The molecule has 0 unspecified atom stereocenters. The molecule has 0 aliphatic heterocycles. The zero-order valence-electron chi connectivity index (χ0n) is 12.0. The van der Waals surface area contributed by atoms with Gasteiger partial charge in [0.2, 0.25) is 5.91 Å². The van der Waals surface area contributed by atoms with Crippen LogP contribution in [0.15, 0.2) is 30.3 Å². The van der Waals surface area contributed by atoms with Gasteiger partial charge in [-0.3, -0.25) is 9.59 Å². The highest BCUT2D eigenvalue weighted by Crippen LogP contribution is 2.23. The van der Waals surface area contributed by atoms with Gasteiger partial charge in [-0.1, -0.05) is 18.2 Å². The predicted molar refractivity (Wildman–Crippen MR) is 79.7 cm³/mol. The van der Waals surface area contributed by atoms with Crippen molar-refractivity contribution in [1.29, 1.82) is 0 Å². The van der Waals surface area contributed by atoms with Gasteiger partial charge < -0.3 is 15.7 Å². The zero-order valence-corrected chi connectivity index (χ0v) is 12.0. The molecule has 0 bridgehead atoms. The van der Waals surface area contributed by atoms with Crippen LogP contribution >= 0.6 is 0 Å². The lowest BCUT2D eigenvalue weighted by Gasteiger charge is -2.27. The minimum absolute atomic E-state index is 0.00629. The maximum Gasteiger partial charge on any atom is 0.251 e. The van der Waals surface area contributed by atoms with Crippen molar-refractivity contribution >= 4 is 11.8 Å². The van der Waals surface area contributed by atoms with Gasteiger partial charge >= 0.3 is 0 Å². The fraction of sp³-hybridized carbons (Fsp3) is 0.500. The summed E-state index contributed by atoms with van der Waals surface area (Å²) in [5.41, 5.74) is 0.550. The van der Waals surface area contributed by atoms with E-state index in [1.54, 1.807) is 24.3 Å². The second-order valence-corrected chi connectivity index (χ2v) is 5.52. The molecule has 1 aliphatic carbocycles. The van der Waals surface area contributed by atoms with E-state index in [1.165, 1.54) is 0 Å². The molecule has 1 aromatic carbocycles. The molecule has 0 saturated heterocycles. The van der Waals surface area contributed by atoms with E-state index < -0.39 is 0 Å². The number of carbonyl (C=O) groups is 2. The lowest BCUT2D eigenvalue weighted by atomic mass is 9.86. The highest BCUT2D eigenvalue weighted by molar-refractivity contribution is 5.96. The molecule has 2 amide bonds. The number of benzene rings is 1. The number of amides is 2. The van der Waals surface area contributed by atoms with Crippen molar-refractivity contribution in [2.45, 2.75) is 31.7 Å². The third-order valence-corrected chi connectivity index (χ3v) is 3.92. The molecule has 0 aromatic heterocycles. The van der Waals surface area contributed by atoms with Crippen molar-refractivity contribution in [3.8, 4) is 0 Å². The molecule has 21 heavy (non-hydrogen) atoms. The SMILES string of the molecule is O=C(CNC(=O)c1ccccc1)NC1CCC(CO)CC1. The Kier molecular flexibility index (Phi) is 5.75. The van der Waals surface area contributed by atoms with Gasteiger partial charge in [0, 0.05) is 18.2 Å². The van der Waals surface area contributed by atoms with Gasteiger partial charge in [-0.05, 0) is 43.7 Å². The average Bonchev–Trinajstić information content (AvgIpc) is 2.54. The molecule has 114 valence electrons. The van der Waals surface area contributed by atoms with E-state index >= 15 is 0 Å². The number of hydrogen-bond donors (Lipinski definition) is 3. The molecule has 0 atom stereocenters. The normalized spacial score (nSPS) is 21.6. The van der Waals surface area contributed by atoms with Gasteiger partial charge in [0.25, 0.3) is 5.91 Å². The Morgan fingerprint density at radius 3 is 2.38 bits per heavy atom. The van der Waals surface area contributed by atoms with Crippen LogP contribution in [-0.4, -0.2) is 36.1 Å². The summed E-state index contributed by atoms with van der Waals surface area (Å²) in [5.74, 6) is -0.0302. The smallest absolute Gasteiger partial charge is 0.251 e. The molecule has 1 saturated carbocycles. The lowest BCUT2D eigenvalue weighted by molar-refractivity contribution is -0.121. The minimum atomic E-state index is -0.241. The van der Waals surface area contributed by atoms with Crippen molar-refractivity contribution in [3.63, 3.8) is 0 Å². The van der Waals surface area contributed by atoms with Gasteiger partial charge in [-0.15, -0.1) is 0 Å². The van der Waals surface area contributed by atoms with Gasteiger partial charge in [0.15, 0.2) is 0 Å². The van der Waals surface area contributed by atoms with Crippen molar-refractivity contribution in [2.24, 2.45) is 5.92 Å². The van der Waals surface area contributed by atoms with Gasteiger partial charge in [0.05, 0.1) is 6.54 Å². The Morgan fingerprint density at radius 1 is 1.10 bits per heavy atom. The van der Waals surface area contributed by atoms with Gasteiger partial charge in [-0.2, -0.15) is 0 Å². The van der Waals surface area contributed by atoms with E-state index in [0.29, 0.717) is 11.5 Å². The third-order valence-electron chi connectivity index (χ3n) is 3.92. The molecule has 5 nitrogen and oxygen atoms in total. The maximum absolute atomic E-state index is 11.8. The number of aliphatic hydroxyl groups is 1. The van der Waals surface area contributed by atoms with Crippen molar-refractivity contribution in [1.82, 2.24) is 10.6 Å². The molecule has 0 heterocycles. The van der Waals surface area contributed by atoms with Gasteiger partial charge in [-0.25, -0.2) is 0 Å². The summed E-state index contributed by atoms with van der Waals surface area (Å²) in [5, 5.41) is 14.6. The Morgan fingerprint density at radius 2 is 1.76 bits per heavy atom. The quantitative estimate of drug-likeness (QED) is 0.759. The Labute approximate surface area is 124 Å².